The number of hydrogen-bond acceptors (Lipinski definition) is 4. The van der Waals surface area contributed by atoms with Crippen molar-refractivity contribution in [2.75, 3.05) is 32.1 Å². The van der Waals surface area contributed by atoms with Crippen LogP contribution in [0.5, 0.6) is 0 Å². The molecule has 2 heterocycles. The van der Waals surface area contributed by atoms with Crippen LogP contribution < -0.4 is 5.32 Å². The minimum absolute atomic E-state index is 0.00314. The van der Waals surface area contributed by atoms with Crippen molar-refractivity contribution in [3.05, 3.63) is 24.5 Å². The topological polar surface area (TPSA) is 71.5 Å². The number of hydrogen-bond donors (Lipinski definition) is 1. The van der Waals surface area contributed by atoms with Gasteiger partial charge in [0.2, 0.25) is 11.8 Å². The van der Waals surface area contributed by atoms with Crippen LogP contribution in [0.15, 0.2) is 24.5 Å². The number of carbonyl (C=O) groups excluding carboxylic acids is 2. The molecule has 1 N–H and O–H groups in total. The van der Waals surface area contributed by atoms with Crippen LogP contribution in [-0.4, -0.2) is 48.5 Å². The third-order valence-electron chi connectivity index (χ3n) is 3.08. The highest BCUT2D eigenvalue weighted by Crippen LogP contribution is 2.19. The monoisotopic (exact) mass is 263 g/mol. The summed E-state index contributed by atoms with van der Waals surface area (Å²) in [5, 5.41) is 2.77. The number of rotatable bonds is 5. The molecule has 1 aromatic rings. The van der Waals surface area contributed by atoms with Crippen LogP contribution in [-0.2, 0) is 14.3 Å². The lowest BCUT2D eigenvalue weighted by molar-refractivity contribution is -0.128. The lowest BCUT2D eigenvalue weighted by Crippen LogP contribution is -2.30. The molecule has 0 bridgehead atoms. The Hall–Kier alpha value is -1.95. The Morgan fingerprint density at radius 2 is 2.47 bits per heavy atom. The van der Waals surface area contributed by atoms with E-state index in [0.717, 1.165) is 0 Å². The number of nitrogens with one attached hydrogen (secondary N) is 1. The van der Waals surface area contributed by atoms with Gasteiger partial charge in [0.15, 0.2) is 0 Å². The van der Waals surface area contributed by atoms with E-state index >= 15 is 0 Å². The number of aromatic nitrogens is 1. The van der Waals surface area contributed by atoms with Gasteiger partial charge in [0, 0.05) is 32.8 Å². The molecule has 0 spiro atoms. The van der Waals surface area contributed by atoms with Crippen molar-refractivity contribution in [2.24, 2.45) is 5.92 Å². The Morgan fingerprint density at radius 1 is 1.63 bits per heavy atom. The van der Waals surface area contributed by atoms with E-state index in [1.165, 1.54) is 0 Å². The van der Waals surface area contributed by atoms with E-state index in [4.69, 9.17) is 4.74 Å². The van der Waals surface area contributed by atoms with Crippen molar-refractivity contribution in [2.45, 2.75) is 6.42 Å². The van der Waals surface area contributed by atoms with Gasteiger partial charge >= 0.3 is 0 Å². The molecule has 0 aromatic carbocycles. The molecule has 2 rings (SSSR count). The Kier molecular flexibility index (Phi) is 4.46. The summed E-state index contributed by atoms with van der Waals surface area (Å²) in [7, 11) is 1.59. The first-order valence-electron chi connectivity index (χ1n) is 6.18. The maximum Gasteiger partial charge on any atom is 0.229 e. The van der Waals surface area contributed by atoms with Gasteiger partial charge in [0.1, 0.15) is 0 Å². The van der Waals surface area contributed by atoms with E-state index in [-0.39, 0.29) is 24.2 Å². The zero-order chi connectivity index (χ0) is 13.7. The van der Waals surface area contributed by atoms with Crippen molar-refractivity contribution < 1.29 is 14.3 Å². The van der Waals surface area contributed by atoms with Crippen molar-refractivity contribution in [1.82, 2.24) is 9.88 Å². The predicted octanol–water partition coefficient (Wildman–Crippen LogP) is 0.515. The highest BCUT2D eigenvalue weighted by atomic mass is 16.5. The van der Waals surface area contributed by atoms with E-state index in [2.05, 4.69) is 10.3 Å². The molecular weight excluding hydrogens is 246 g/mol. The highest BCUT2D eigenvalue weighted by Gasteiger charge is 2.33. The number of nitrogens with zero attached hydrogens (tertiary/aromatic N) is 2. The van der Waals surface area contributed by atoms with E-state index < -0.39 is 0 Å². The summed E-state index contributed by atoms with van der Waals surface area (Å²) in [6.45, 7) is 1.48. The first kappa shape index (κ1) is 13.5. The molecule has 0 aliphatic carbocycles. The summed E-state index contributed by atoms with van der Waals surface area (Å²) in [5.41, 5.74) is 0.648. The first-order valence-corrected chi connectivity index (χ1v) is 6.18. The molecular formula is C13H17N3O3. The summed E-state index contributed by atoms with van der Waals surface area (Å²) < 4.78 is 4.94. The summed E-state index contributed by atoms with van der Waals surface area (Å²) in [5.74, 6) is -0.436. The molecule has 19 heavy (non-hydrogen) atoms. The van der Waals surface area contributed by atoms with Crippen LogP contribution in [0.1, 0.15) is 6.42 Å². The van der Waals surface area contributed by atoms with E-state index in [0.29, 0.717) is 25.4 Å². The Labute approximate surface area is 111 Å². The predicted molar refractivity (Wildman–Crippen MR) is 69.4 cm³/mol. The molecule has 2 amide bonds. The molecule has 1 saturated heterocycles. The van der Waals surface area contributed by atoms with Gasteiger partial charge in [-0.05, 0) is 12.1 Å². The fourth-order valence-corrected chi connectivity index (χ4v) is 2.05. The number of anilines is 1. The second-order valence-corrected chi connectivity index (χ2v) is 4.46. The third kappa shape index (κ3) is 3.51. The molecule has 0 radical (unpaired) electrons. The van der Waals surface area contributed by atoms with Crippen molar-refractivity contribution in [1.29, 1.82) is 0 Å². The lowest BCUT2D eigenvalue weighted by atomic mass is 10.1. The molecule has 1 aliphatic heterocycles. The Balaban J connectivity index is 1.89. The molecule has 1 aromatic heterocycles. The van der Waals surface area contributed by atoms with Gasteiger partial charge in [-0.25, -0.2) is 0 Å². The zero-order valence-corrected chi connectivity index (χ0v) is 10.8. The van der Waals surface area contributed by atoms with Crippen molar-refractivity contribution >= 4 is 17.5 Å². The van der Waals surface area contributed by atoms with Crippen LogP contribution in [0, 0.1) is 5.92 Å². The van der Waals surface area contributed by atoms with Crippen molar-refractivity contribution in [3.63, 3.8) is 0 Å². The van der Waals surface area contributed by atoms with Crippen LogP contribution in [0.25, 0.3) is 0 Å². The average molecular weight is 263 g/mol. The highest BCUT2D eigenvalue weighted by molar-refractivity contribution is 5.97. The Morgan fingerprint density at radius 3 is 3.16 bits per heavy atom. The molecule has 6 heteroatoms. The number of methoxy groups -OCH3 is 1. The zero-order valence-electron chi connectivity index (χ0n) is 10.8. The molecule has 1 fully saturated rings. The van der Waals surface area contributed by atoms with Crippen molar-refractivity contribution in [3.8, 4) is 0 Å². The smallest absolute Gasteiger partial charge is 0.229 e. The number of likely N-dealkylation sites (tertiary alicyclic amines) is 1. The number of pyridine rings is 1. The first-order chi connectivity index (χ1) is 9.20. The van der Waals surface area contributed by atoms with E-state index in [1.54, 1.807) is 36.5 Å². The number of amides is 2. The average Bonchev–Trinajstić information content (AvgIpc) is 2.79. The molecule has 1 unspecified atom stereocenters. The second-order valence-electron chi connectivity index (χ2n) is 4.46. The SMILES string of the molecule is COCCN1CC(C(=O)Nc2cccnc2)CC1=O. The van der Waals surface area contributed by atoms with Gasteiger partial charge in [-0.1, -0.05) is 0 Å². The largest absolute Gasteiger partial charge is 0.383 e. The minimum atomic E-state index is -0.301. The van der Waals surface area contributed by atoms with E-state index in [9.17, 15) is 9.59 Å². The lowest BCUT2D eigenvalue weighted by Gasteiger charge is -2.15. The third-order valence-corrected chi connectivity index (χ3v) is 3.08. The quantitative estimate of drug-likeness (QED) is 0.840. The summed E-state index contributed by atoms with van der Waals surface area (Å²) in [6, 6.07) is 3.52. The van der Waals surface area contributed by atoms with Crippen LogP contribution >= 0.6 is 0 Å². The normalized spacial score (nSPS) is 18.7. The molecule has 0 saturated carbocycles. The molecule has 102 valence electrons. The molecule has 6 nitrogen and oxygen atoms in total. The maximum absolute atomic E-state index is 12.0. The van der Waals surface area contributed by atoms with Crippen LogP contribution in [0.2, 0.25) is 0 Å². The molecule has 1 aliphatic rings. The van der Waals surface area contributed by atoms with Crippen LogP contribution in [0.4, 0.5) is 5.69 Å². The van der Waals surface area contributed by atoms with Gasteiger partial charge in [0.05, 0.1) is 24.4 Å². The van der Waals surface area contributed by atoms with E-state index in [1.807, 2.05) is 0 Å². The number of ether oxygens (including phenoxy) is 1. The number of carbonyl (C=O) groups is 2. The summed E-state index contributed by atoms with van der Waals surface area (Å²) in [4.78, 5) is 29.3. The second kappa shape index (κ2) is 6.29. The standard InChI is InChI=1S/C13H17N3O3/c1-19-6-5-16-9-10(7-12(16)17)13(18)15-11-3-2-4-14-8-11/h2-4,8,10H,5-7,9H2,1H3,(H,15,18). The summed E-state index contributed by atoms with van der Waals surface area (Å²) in [6.07, 6.45) is 3.48. The summed E-state index contributed by atoms with van der Waals surface area (Å²) >= 11 is 0. The van der Waals surface area contributed by atoms with Gasteiger partial charge in [-0.15, -0.1) is 0 Å². The maximum atomic E-state index is 12.0. The Bertz CT molecular complexity index is 450. The minimum Gasteiger partial charge on any atom is -0.383 e. The van der Waals surface area contributed by atoms with Gasteiger partial charge in [-0.3, -0.25) is 14.6 Å². The fraction of sp³-hybridized carbons (Fsp3) is 0.462. The van der Waals surface area contributed by atoms with Gasteiger partial charge < -0.3 is 15.0 Å². The van der Waals surface area contributed by atoms with Gasteiger partial charge in [-0.2, -0.15) is 0 Å². The van der Waals surface area contributed by atoms with Crippen LogP contribution in [0.3, 0.4) is 0 Å². The fourth-order valence-electron chi connectivity index (χ4n) is 2.05. The molecule has 1 atom stereocenters. The van der Waals surface area contributed by atoms with Gasteiger partial charge in [0.25, 0.3) is 0 Å².